The zero-order valence-corrected chi connectivity index (χ0v) is 10.8. The predicted molar refractivity (Wildman–Crippen MR) is 64.7 cm³/mol. The standard InChI is InChI=1S/C13H26O2/c1-7-11(4)12(5)13(10(2)3)8-15-9-14-6/h7,10-13H,1,8-9H2,2-6H3/t11-,12-,13-/m0/s1. The first-order valence-electron chi connectivity index (χ1n) is 5.73. The third-order valence-electron chi connectivity index (χ3n) is 3.24. The van der Waals surface area contributed by atoms with E-state index in [1.54, 1.807) is 7.11 Å². The Labute approximate surface area is 94.7 Å². The Balaban J connectivity index is 4.18. The van der Waals surface area contributed by atoms with Crippen molar-refractivity contribution in [3.8, 4) is 0 Å². The Morgan fingerprint density at radius 1 is 1.20 bits per heavy atom. The molecule has 15 heavy (non-hydrogen) atoms. The fourth-order valence-corrected chi connectivity index (χ4v) is 1.82. The van der Waals surface area contributed by atoms with Crippen LogP contribution in [0, 0.1) is 23.7 Å². The molecule has 3 atom stereocenters. The summed E-state index contributed by atoms with van der Waals surface area (Å²) in [4.78, 5) is 0. The molecule has 0 radical (unpaired) electrons. The smallest absolute Gasteiger partial charge is 0.146 e. The van der Waals surface area contributed by atoms with Crippen LogP contribution in [0.5, 0.6) is 0 Å². The quantitative estimate of drug-likeness (QED) is 0.350. The van der Waals surface area contributed by atoms with Crippen molar-refractivity contribution < 1.29 is 9.47 Å². The first kappa shape index (κ1) is 14.7. The average molecular weight is 214 g/mol. The van der Waals surface area contributed by atoms with Crippen molar-refractivity contribution in [3.63, 3.8) is 0 Å². The van der Waals surface area contributed by atoms with Crippen molar-refractivity contribution >= 4 is 0 Å². The molecule has 0 amide bonds. The van der Waals surface area contributed by atoms with Crippen molar-refractivity contribution in [3.05, 3.63) is 12.7 Å². The molecule has 0 aliphatic carbocycles. The third kappa shape index (κ3) is 5.33. The van der Waals surface area contributed by atoms with Crippen LogP contribution < -0.4 is 0 Å². The molecule has 0 aromatic heterocycles. The van der Waals surface area contributed by atoms with Gasteiger partial charge in [0.25, 0.3) is 0 Å². The molecular formula is C13H26O2. The van der Waals surface area contributed by atoms with Crippen LogP contribution in [-0.4, -0.2) is 20.5 Å². The molecule has 0 saturated carbocycles. The van der Waals surface area contributed by atoms with E-state index in [1.165, 1.54) is 0 Å². The lowest BCUT2D eigenvalue weighted by Gasteiger charge is -2.30. The van der Waals surface area contributed by atoms with Gasteiger partial charge in [-0.2, -0.15) is 0 Å². The molecule has 0 saturated heterocycles. The normalized spacial score (nSPS) is 17.5. The molecule has 0 N–H and O–H groups in total. The Morgan fingerprint density at radius 3 is 2.20 bits per heavy atom. The molecule has 2 heteroatoms. The monoisotopic (exact) mass is 214 g/mol. The van der Waals surface area contributed by atoms with Crippen LogP contribution in [0.4, 0.5) is 0 Å². The van der Waals surface area contributed by atoms with Crippen LogP contribution in [0.1, 0.15) is 27.7 Å². The van der Waals surface area contributed by atoms with Gasteiger partial charge in [0.2, 0.25) is 0 Å². The van der Waals surface area contributed by atoms with Gasteiger partial charge in [0.15, 0.2) is 0 Å². The summed E-state index contributed by atoms with van der Waals surface area (Å²) in [6.45, 7) is 14.0. The molecule has 0 aromatic rings. The average Bonchev–Trinajstić information content (AvgIpc) is 2.22. The third-order valence-corrected chi connectivity index (χ3v) is 3.24. The number of hydrogen-bond donors (Lipinski definition) is 0. The van der Waals surface area contributed by atoms with Crippen molar-refractivity contribution in [1.29, 1.82) is 0 Å². The Hall–Kier alpha value is -0.340. The summed E-state index contributed by atoms with van der Waals surface area (Å²) in [5, 5.41) is 0. The highest BCUT2D eigenvalue weighted by Gasteiger charge is 2.24. The number of ether oxygens (including phenoxy) is 2. The van der Waals surface area contributed by atoms with E-state index in [0.717, 1.165) is 6.61 Å². The van der Waals surface area contributed by atoms with E-state index in [2.05, 4.69) is 34.3 Å². The lowest BCUT2D eigenvalue weighted by Crippen LogP contribution is -2.27. The molecule has 0 rings (SSSR count). The molecule has 0 spiro atoms. The van der Waals surface area contributed by atoms with Crippen molar-refractivity contribution in [1.82, 2.24) is 0 Å². The van der Waals surface area contributed by atoms with Crippen molar-refractivity contribution in [2.24, 2.45) is 23.7 Å². The van der Waals surface area contributed by atoms with E-state index in [1.807, 2.05) is 6.08 Å². The van der Waals surface area contributed by atoms with Gasteiger partial charge in [0.1, 0.15) is 6.79 Å². The summed E-state index contributed by atoms with van der Waals surface area (Å²) in [6, 6.07) is 0. The van der Waals surface area contributed by atoms with Gasteiger partial charge < -0.3 is 9.47 Å². The second kappa shape index (κ2) is 7.89. The summed E-state index contributed by atoms with van der Waals surface area (Å²) >= 11 is 0. The Bertz CT molecular complexity index is 166. The molecule has 90 valence electrons. The summed E-state index contributed by atoms with van der Waals surface area (Å²) in [5.41, 5.74) is 0. The van der Waals surface area contributed by atoms with E-state index in [0.29, 0.717) is 30.5 Å². The van der Waals surface area contributed by atoms with Gasteiger partial charge in [-0.15, -0.1) is 6.58 Å². The maximum absolute atomic E-state index is 5.47. The molecule has 0 unspecified atom stereocenters. The number of rotatable bonds is 8. The molecule has 0 aliphatic heterocycles. The minimum absolute atomic E-state index is 0.387. The van der Waals surface area contributed by atoms with Crippen LogP contribution >= 0.6 is 0 Å². The van der Waals surface area contributed by atoms with Crippen molar-refractivity contribution in [2.45, 2.75) is 27.7 Å². The molecule has 2 nitrogen and oxygen atoms in total. The van der Waals surface area contributed by atoms with E-state index in [-0.39, 0.29) is 0 Å². The highest BCUT2D eigenvalue weighted by molar-refractivity contribution is 4.83. The molecule has 0 aromatic carbocycles. The first-order chi connectivity index (χ1) is 7.04. The zero-order chi connectivity index (χ0) is 11.8. The fraction of sp³-hybridized carbons (Fsp3) is 0.846. The summed E-state index contributed by atoms with van der Waals surface area (Å²) < 4.78 is 10.4. The molecule has 0 fully saturated rings. The number of allylic oxidation sites excluding steroid dienone is 1. The largest absolute Gasteiger partial charge is 0.359 e. The van der Waals surface area contributed by atoms with Crippen LogP contribution in [-0.2, 0) is 9.47 Å². The van der Waals surface area contributed by atoms with E-state index < -0.39 is 0 Å². The number of methoxy groups -OCH3 is 1. The van der Waals surface area contributed by atoms with Gasteiger partial charge in [-0.1, -0.05) is 33.8 Å². The van der Waals surface area contributed by atoms with Gasteiger partial charge in [-0.3, -0.25) is 0 Å². The topological polar surface area (TPSA) is 18.5 Å². The lowest BCUT2D eigenvalue weighted by atomic mass is 9.78. The zero-order valence-electron chi connectivity index (χ0n) is 10.8. The molecule has 0 bridgehead atoms. The van der Waals surface area contributed by atoms with Gasteiger partial charge >= 0.3 is 0 Å². The maximum Gasteiger partial charge on any atom is 0.146 e. The van der Waals surface area contributed by atoms with E-state index in [9.17, 15) is 0 Å². The summed E-state index contributed by atoms with van der Waals surface area (Å²) in [6.07, 6.45) is 2.02. The Kier molecular flexibility index (Phi) is 7.71. The Morgan fingerprint density at radius 2 is 1.80 bits per heavy atom. The first-order valence-corrected chi connectivity index (χ1v) is 5.73. The van der Waals surface area contributed by atoms with Gasteiger partial charge in [0, 0.05) is 7.11 Å². The second-order valence-corrected chi connectivity index (χ2v) is 4.64. The lowest BCUT2D eigenvalue weighted by molar-refractivity contribution is -0.0577. The van der Waals surface area contributed by atoms with Crippen molar-refractivity contribution in [2.75, 3.05) is 20.5 Å². The van der Waals surface area contributed by atoms with Crippen LogP contribution in [0.15, 0.2) is 12.7 Å². The highest BCUT2D eigenvalue weighted by Crippen LogP contribution is 2.28. The SMILES string of the molecule is C=C[C@H](C)[C@H](C)[C@@H](COCOC)C(C)C. The van der Waals surface area contributed by atoms with Gasteiger partial charge in [-0.25, -0.2) is 0 Å². The summed E-state index contributed by atoms with van der Waals surface area (Å²) in [5.74, 6) is 2.32. The maximum atomic E-state index is 5.47. The van der Waals surface area contributed by atoms with E-state index >= 15 is 0 Å². The van der Waals surface area contributed by atoms with Crippen LogP contribution in [0.2, 0.25) is 0 Å². The summed E-state index contributed by atoms with van der Waals surface area (Å²) in [7, 11) is 1.65. The minimum atomic E-state index is 0.387. The molecular weight excluding hydrogens is 188 g/mol. The van der Waals surface area contributed by atoms with Gasteiger partial charge in [0.05, 0.1) is 6.61 Å². The van der Waals surface area contributed by atoms with E-state index in [4.69, 9.17) is 9.47 Å². The molecule has 0 heterocycles. The number of hydrogen-bond acceptors (Lipinski definition) is 2. The van der Waals surface area contributed by atoms with Crippen LogP contribution in [0.25, 0.3) is 0 Å². The van der Waals surface area contributed by atoms with Gasteiger partial charge in [-0.05, 0) is 23.7 Å². The minimum Gasteiger partial charge on any atom is -0.359 e. The highest BCUT2D eigenvalue weighted by atomic mass is 16.7. The molecule has 0 aliphatic rings. The predicted octanol–water partition coefficient (Wildman–Crippen LogP) is 3.34. The second-order valence-electron chi connectivity index (χ2n) is 4.64. The fourth-order valence-electron chi connectivity index (χ4n) is 1.82. The van der Waals surface area contributed by atoms with Crippen LogP contribution in [0.3, 0.4) is 0 Å².